The summed E-state index contributed by atoms with van der Waals surface area (Å²) >= 11 is 0. The number of rotatable bonds is 22. The van der Waals surface area contributed by atoms with Crippen molar-refractivity contribution in [2.24, 2.45) is 0 Å². The van der Waals surface area contributed by atoms with E-state index in [0.29, 0.717) is 6.42 Å². The zero-order chi connectivity index (χ0) is 25.8. The molecule has 198 valence electrons. The van der Waals surface area contributed by atoms with E-state index in [1.807, 2.05) is 0 Å². The lowest BCUT2D eigenvalue weighted by atomic mass is 9.96. The number of unbranched alkanes of at least 4 members (excludes halogenated alkanes) is 11. The Bertz CT molecular complexity index is 607. The summed E-state index contributed by atoms with van der Waals surface area (Å²) in [4.78, 5) is 45.1. The standard InChI is InChI=1S/C24H42O10/c1-2-3-4-5-6-7-8-9-10-11-12-13-14-21(28)33-17-19(25)18-34-22(29)16-24(32,23(30)31)15-20(26)27/h19,25,32H,2-18H2,1H3,(H,26,27)(H,30,31). The van der Waals surface area contributed by atoms with Crippen molar-refractivity contribution in [2.75, 3.05) is 13.2 Å². The van der Waals surface area contributed by atoms with E-state index in [4.69, 9.17) is 14.9 Å². The number of carbonyl (C=O) groups is 4. The molecule has 2 unspecified atom stereocenters. The van der Waals surface area contributed by atoms with Gasteiger partial charge in [-0.3, -0.25) is 14.4 Å². The highest BCUT2D eigenvalue weighted by atomic mass is 16.6. The minimum Gasteiger partial charge on any atom is -0.481 e. The molecular weight excluding hydrogens is 448 g/mol. The van der Waals surface area contributed by atoms with Crippen LogP contribution >= 0.6 is 0 Å². The molecule has 0 saturated carbocycles. The topological polar surface area (TPSA) is 168 Å². The zero-order valence-corrected chi connectivity index (χ0v) is 20.3. The van der Waals surface area contributed by atoms with Gasteiger partial charge < -0.3 is 29.9 Å². The number of carbonyl (C=O) groups excluding carboxylic acids is 2. The molecular formula is C24H42O10. The van der Waals surface area contributed by atoms with Crippen LogP contribution < -0.4 is 0 Å². The van der Waals surface area contributed by atoms with E-state index in [1.54, 1.807) is 0 Å². The van der Waals surface area contributed by atoms with E-state index in [9.17, 15) is 29.4 Å². The van der Waals surface area contributed by atoms with Gasteiger partial charge in [-0.1, -0.05) is 77.6 Å². The number of carboxylic acids is 2. The summed E-state index contributed by atoms with van der Waals surface area (Å²) in [7, 11) is 0. The summed E-state index contributed by atoms with van der Waals surface area (Å²) in [6.45, 7) is 1.22. The predicted octanol–water partition coefficient (Wildman–Crippen LogP) is 3.21. The molecule has 0 aliphatic rings. The molecule has 0 rings (SSSR count). The predicted molar refractivity (Wildman–Crippen MR) is 123 cm³/mol. The highest BCUT2D eigenvalue weighted by Gasteiger charge is 2.41. The second kappa shape index (κ2) is 19.1. The second-order valence-corrected chi connectivity index (χ2v) is 8.74. The molecule has 0 aliphatic heterocycles. The van der Waals surface area contributed by atoms with Crippen LogP contribution in [-0.2, 0) is 28.7 Å². The number of aliphatic hydroxyl groups is 2. The van der Waals surface area contributed by atoms with Gasteiger partial charge in [0.1, 0.15) is 19.3 Å². The van der Waals surface area contributed by atoms with Crippen LogP contribution in [0.4, 0.5) is 0 Å². The minimum atomic E-state index is -2.81. The molecule has 0 amide bonds. The largest absolute Gasteiger partial charge is 0.481 e. The van der Waals surface area contributed by atoms with Crippen LogP contribution in [0, 0.1) is 0 Å². The lowest BCUT2D eigenvalue weighted by molar-refractivity contribution is -0.173. The summed E-state index contributed by atoms with van der Waals surface area (Å²) in [5.41, 5.74) is -2.81. The van der Waals surface area contributed by atoms with Crippen LogP contribution in [0.1, 0.15) is 103 Å². The summed E-state index contributed by atoms with van der Waals surface area (Å²) in [6.07, 6.45) is 10.8. The zero-order valence-electron chi connectivity index (χ0n) is 20.3. The maximum atomic E-state index is 11.7. The van der Waals surface area contributed by atoms with E-state index >= 15 is 0 Å². The highest BCUT2D eigenvalue weighted by molar-refractivity contribution is 5.88. The Labute approximate surface area is 201 Å². The van der Waals surface area contributed by atoms with Gasteiger partial charge in [-0.15, -0.1) is 0 Å². The van der Waals surface area contributed by atoms with Gasteiger partial charge in [0, 0.05) is 6.42 Å². The number of hydrogen-bond acceptors (Lipinski definition) is 8. The molecule has 0 aromatic heterocycles. The van der Waals surface area contributed by atoms with Crippen molar-refractivity contribution >= 4 is 23.9 Å². The third-order valence-electron chi connectivity index (χ3n) is 5.39. The minimum absolute atomic E-state index is 0.227. The smallest absolute Gasteiger partial charge is 0.336 e. The first-order chi connectivity index (χ1) is 16.1. The molecule has 0 aromatic carbocycles. The molecule has 0 saturated heterocycles. The third-order valence-corrected chi connectivity index (χ3v) is 5.39. The third kappa shape index (κ3) is 17.3. The molecule has 4 N–H and O–H groups in total. The summed E-state index contributed by atoms with van der Waals surface area (Å²) in [5, 5.41) is 37.1. The van der Waals surface area contributed by atoms with Gasteiger partial charge in [-0.05, 0) is 6.42 Å². The Kier molecular flexibility index (Phi) is 17.9. The van der Waals surface area contributed by atoms with Gasteiger partial charge in [0.2, 0.25) is 0 Å². The fourth-order valence-corrected chi connectivity index (χ4v) is 3.36. The molecule has 0 aromatic rings. The summed E-state index contributed by atoms with van der Waals surface area (Å²) in [5.74, 6) is -5.15. The average Bonchev–Trinajstić information content (AvgIpc) is 2.76. The number of hydrogen-bond donors (Lipinski definition) is 4. The Morgan fingerprint density at radius 2 is 1.15 bits per heavy atom. The lowest BCUT2D eigenvalue weighted by Gasteiger charge is -2.20. The van der Waals surface area contributed by atoms with Crippen molar-refractivity contribution in [3.63, 3.8) is 0 Å². The van der Waals surface area contributed by atoms with Gasteiger partial charge in [0.15, 0.2) is 5.60 Å². The quantitative estimate of drug-likeness (QED) is 0.131. The van der Waals surface area contributed by atoms with Gasteiger partial charge in [-0.25, -0.2) is 4.79 Å². The average molecular weight is 491 g/mol. The first-order valence-electron chi connectivity index (χ1n) is 12.3. The van der Waals surface area contributed by atoms with Crippen LogP contribution in [0.5, 0.6) is 0 Å². The number of aliphatic carboxylic acids is 2. The Morgan fingerprint density at radius 1 is 0.706 bits per heavy atom. The van der Waals surface area contributed by atoms with E-state index in [0.717, 1.165) is 19.3 Å². The van der Waals surface area contributed by atoms with Gasteiger partial charge in [0.05, 0.1) is 12.8 Å². The van der Waals surface area contributed by atoms with Crippen molar-refractivity contribution in [1.29, 1.82) is 0 Å². The van der Waals surface area contributed by atoms with Crippen LogP contribution in [0.2, 0.25) is 0 Å². The van der Waals surface area contributed by atoms with Crippen LogP contribution in [0.3, 0.4) is 0 Å². The number of ether oxygens (including phenoxy) is 2. The van der Waals surface area contributed by atoms with Crippen molar-refractivity contribution in [3.8, 4) is 0 Å². The maximum Gasteiger partial charge on any atom is 0.336 e. The van der Waals surface area contributed by atoms with Crippen LogP contribution in [-0.4, -0.2) is 69.2 Å². The van der Waals surface area contributed by atoms with Gasteiger partial charge >= 0.3 is 23.9 Å². The van der Waals surface area contributed by atoms with E-state index in [1.165, 1.54) is 51.4 Å². The number of carboxylic acid groups (broad SMARTS) is 2. The normalized spacial score (nSPS) is 13.6. The van der Waals surface area contributed by atoms with Crippen LogP contribution in [0.25, 0.3) is 0 Å². The highest BCUT2D eigenvalue weighted by Crippen LogP contribution is 2.17. The SMILES string of the molecule is CCCCCCCCCCCCCCC(=O)OCC(O)COC(=O)CC(O)(CC(=O)O)C(=O)O. The second-order valence-electron chi connectivity index (χ2n) is 8.74. The number of esters is 2. The van der Waals surface area contributed by atoms with Crippen molar-refractivity contribution in [2.45, 2.75) is 115 Å². The molecule has 0 bridgehead atoms. The monoisotopic (exact) mass is 490 g/mol. The molecule has 34 heavy (non-hydrogen) atoms. The number of aliphatic hydroxyl groups excluding tert-OH is 1. The summed E-state index contributed by atoms with van der Waals surface area (Å²) in [6, 6.07) is 0. The molecule has 0 spiro atoms. The summed E-state index contributed by atoms with van der Waals surface area (Å²) < 4.78 is 9.57. The van der Waals surface area contributed by atoms with Crippen LogP contribution in [0.15, 0.2) is 0 Å². The van der Waals surface area contributed by atoms with E-state index in [2.05, 4.69) is 11.7 Å². The van der Waals surface area contributed by atoms with E-state index in [-0.39, 0.29) is 6.42 Å². The Hall–Kier alpha value is -2.20. The van der Waals surface area contributed by atoms with Crippen molar-refractivity contribution in [1.82, 2.24) is 0 Å². The van der Waals surface area contributed by atoms with Crippen molar-refractivity contribution in [3.05, 3.63) is 0 Å². The van der Waals surface area contributed by atoms with Gasteiger partial charge in [0.25, 0.3) is 0 Å². The van der Waals surface area contributed by atoms with E-state index < -0.39 is 61.6 Å². The lowest BCUT2D eigenvalue weighted by Crippen LogP contribution is -2.43. The molecule has 0 aliphatic carbocycles. The molecule has 0 fully saturated rings. The molecule has 0 heterocycles. The molecule has 10 nitrogen and oxygen atoms in total. The molecule has 2 atom stereocenters. The Balaban J connectivity index is 3.79. The fourth-order valence-electron chi connectivity index (χ4n) is 3.36. The fraction of sp³-hybridized carbons (Fsp3) is 0.833. The Morgan fingerprint density at radius 3 is 1.59 bits per heavy atom. The maximum absolute atomic E-state index is 11.7. The first kappa shape index (κ1) is 31.8. The molecule has 0 radical (unpaired) electrons. The van der Waals surface area contributed by atoms with Gasteiger partial charge in [-0.2, -0.15) is 0 Å². The first-order valence-corrected chi connectivity index (χ1v) is 12.3. The molecule has 10 heteroatoms. The van der Waals surface area contributed by atoms with Crippen molar-refractivity contribution < 1.29 is 49.1 Å².